The van der Waals surface area contributed by atoms with Gasteiger partial charge in [-0.05, 0) is 31.0 Å². The third-order valence-electron chi connectivity index (χ3n) is 6.30. The molecule has 1 aromatic carbocycles. The van der Waals surface area contributed by atoms with Crippen LogP contribution in [0.1, 0.15) is 29.9 Å². The predicted molar refractivity (Wildman–Crippen MR) is 119 cm³/mol. The lowest BCUT2D eigenvalue weighted by Crippen LogP contribution is -2.45. The van der Waals surface area contributed by atoms with Crippen molar-refractivity contribution in [1.29, 1.82) is 0 Å². The number of nitrogens with one attached hydrogen (secondary N) is 2. The van der Waals surface area contributed by atoms with Crippen molar-refractivity contribution in [3.8, 4) is 0 Å². The average molecular weight is 437 g/mol. The first-order chi connectivity index (χ1) is 15.7. The summed E-state index contributed by atoms with van der Waals surface area (Å²) in [4.78, 5) is 27.3. The zero-order valence-electron chi connectivity index (χ0n) is 18.0. The summed E-state index contributed by atoms with van der Waals surface area (Å²) >= 11 is 0. The number of aromatic nitrogens is 1. The number of carbonyl (C=O) groups excluding carboxylic acids is 2. The molecule has 1 fully saturated rings. The molecule has 0 aliphatic carbocycles. The van der Waals surface area contributed by atoms with E-state index in [0.29, 0.717) is 32.6 Å². The minimum Gasteiger partial charge on any atom is -0.467 e. The number of rotatable bonds is 6. The second-order valence-corrected chi connectivity index (χ2v) is 8.38. The summed E-state index contributed by atoms with van der Waals surface area (Å²) < 4.78 is 13.0. The Balaban J connectivity index is 1.30. The molecule has 8 nitrogen and oxygen atoms in total. The van der Waals surface area contributed by atoms with E-state index in [9.17, 15) is 9.59 Å². The minimum atomic E-state index is -0.0679. The van der Waals surface area contributed by atoms with E-state index in [2.05, 4.69) is 21.3 Å². The van der Waals surface area contributed by atoms with Crippen LogP contribution in [-0.2, 0) is 35.6 Å². The van der Waals surface area contributed by atoms with Gasteiger partial charge in [0.05, 0.1) is 18.9 Å². The highest BCUT2D eigenvalue weighted by Crippen LogP contribution is 2.31. The minimum absolute atomic E-state index is 0.0563. The Kier molecular flexibility index (Phi) is 5.85. The molecule has 2 aliphatic rings. The third kappa shape index (κ3) is 4.23. The lowest BCUT2D eigenvalue weighted by molar-refractivity contribution is -0.121. The number of carbonyl (C=O) groups is 2. The normalized spacial score (nSPS) is 18.0. The molecule has 8 heteroatoms. The van der Waals surface area contributed by atoms with Crippen molar-refractivity contribution < 1.29 is 18.7 Å². The van der Waals surface area contributed by atoms with E-state index in [-0.39, 0.29) is 24.6 Å². The number of amides is 3. The van der Waals surface area contributed by atoms with Crippen molar-refractivity contribution in [3.63, 3.8) is 0 Å². The highest BCUT2D eigenvalue weighted by Gasteiger charge is 2.27. The predicted octanol–water partition coefficient (Wildman–Crippen LogP) is 2.80. The number of para-hydroxylation sites is 1. The van der Waals surface area contributed by atoms with E-state index in [1.165, 1.54) is 0 Å². The molecule has 2 aliphatic heterocycles. The van der Waals surface area contributed by atoms with Crippen molar-refractivity contribution in [2.45, 2.75) is 45.0 Å². The highest BCUT2D eigenvalue weighted by atomic mass is 16.5. The van der Waals surface area contributed by atoms with Crippen LogP contribution in [0.15, 0.2) is 47.1 Å². The lowest BCUT2D eigenvalue weighted by atomic mass is 10.0. The summed E-state index contributed by atoms with van der Waals surface area (Å²) in [5.41, 5.74) is 3.27. The summed E-state index contributed by atoms with van der Waals surface area (Å²) in [5, 5.41) is 7.05. The third-order valence-corrected chi connectivity index (χ3v) is 6.30. The van der Waals surface area contributed by atoms with Gasteiger partial charge in [-0.1, -0.05) is 18.2 Å². The number of fused-ring (bicyclic) bond motifs is 3. The first-order valence-corrected chi connectivity index (χ1v) is 11.2. The number of urea groups is 1. The van der Waals surface area contributed by atoms with E-state index < -0.39 is 0 Å². The van der Waals surface area contributed by atoms with Crippen LogP contribution in [0.4, 0.5) is 4.79 Å². The molecule has 3 aromatic rings. The van der Waals surface area contributed by atoms with Crippen molar-refractivity contribution in [2.75, 3.05) is 19.7 Å². The zero-order valence-corrected chi connectivity index (χ0v) is 18.0. The molecule has 1 saturated heterocycles. The maximum atomic E-state index is 12.8. The van der Waals surface area contributed by atoms with Gasteiger partial charge in [-0.2, -0.15) is 0 Å². The van der Waals surface area contributed by atoms with Gasteiger partial charge >= 0.3 is 6.03 Å². The number of nitrogens with zero attached hydrogens (tertiary/aromatic N) is 2. The van der Waals surface area contributed by atoms with Gasteiger partial charge in [0.2, 0.25) is 5.91 Å². The Morgan fingerprint density at radius 3 is 2.84 bits per heavy atom. The van der Waals surface area contributed by atoms with Crippen LogP contribution in [0.25, 0.3) is 10.9 Å². The van der Waals surface area contributed by atoms with E-state index in [4.69, 9.17) is 9.15 Å². The molecular formula is C24H28N4O4. The van der Waals surface area contributed by atoms with Crippen LogP contribution in [0.5, 0.6) is 0 Å². The first kappa shape index (κ1) is 20.6. The van der Waals surface area contributed by atoms with Crippen LogP contribution < -0.4 is 10.6 Å². The molecule has 32 heavy (non-hydrogen) atoms. The molecule has 1 atom stereocenters. The van der Waals surface area contributed by atoms with Gasteiger partial charge in [0, 0.05) is 54.8 Å². The van der Waals surface area contributed by atoms with Crippen LogP contribution in [0.2, 0.25) is 0 Å². The molecule has 0 bridgehead atoms. The van der Waals surface area contributed by atoms with Crippen molar-refractivity contribution >= 4 is 22.8 Å². The van der Waals surface area contributed by atoms with Crippen molar-refractivity contribution in [3.05, 3.63) is 59.7 Å². The summed E-state index contributed by atoms with van der Waals surface area (Å²) in [6, 6.07) is 11.7. The second-order valence-electron chi connectivity index (χ2n) is 8.38. The topological polar surface area (TPSA) is 88.7 Å². The van der Waals surface area contributed by atoms with E-state index >= 15 is 0 Å². The molecule has 168 valence electrons. The molecular weight excluding hydrogens is 408 g/mol. The van der Waals surface area contributed by atoms with Gasteiger partial charge in [0.15, 0.2) is 0 Å². The highest BCUT2D eigenvalue weighted by molar-refractivity contribution is 5.88. The molecule has 0 radical (unpaired) electrons. The molecule has 1 unspecified atom stereocenters. The van der Waals surface area contributed by atoms with Gasteiger partial charge in [-0.25, -0.2) is 4.79 Å². The molecule has 5 rings (SSSR count). The van der Waals surface area contributed by atoms with E-state index in [0.717, 1.165) is 47.4 Å². The maximum Gasteiger partial charge on any atom is 0.317 e. The first-order valence-electron chi connectivity index (χ1n) is 11.2. The SMILES string of the molecule is O=C(Cn1c2c(c3ccccc31)CN(C(=O)NCC1CCCO1)CC2)NCc1ccco1. The van der Waals surface area contributed by atoms with Gasteiger partial charge in [-0.3, -0.25) is 4.79 Å². The zero-order chi connectivity index (χ0) is 21.9. The largest absolute Gasteiger partial charge is 0.467 e. The Hall–Kier alpha value is -3.26. The monoisotopic (exact) mass is 436 g/mol. The lowest BCUT2D eigenvalue weighted by Gasteiger charge is -2.29. The number of benzene rings is 1. The van der Waals surface area contributed by atoms with Gasteiger partial charge in [0.25, 0.3) is 0 Å². The second kappa shape index (κ2) is 9.08. The van der Waals surface area contributed by atoms with Crippen LogP contribution in [-0.4, -0.2) is 47.2 Å². The van der Waals surface area contributed by atoms with E-state index in [1.807, 2.05) is 29.2 Å². The Bertz CT molecular complexity index is 1100. The van der Waals surface area contributed by atoms with Crippen LogP contribution in [0, 0.1) is 0 Å². The average Bonchev–Trinajstić information content (AvgIpc) is 3.58. The van der Waals surface area contributed by atoms with Crippen molar-refractivity contribution in [1.82, 2.24) is 20.1 Å². The standard InChI is InChI=1S/C24H28N4O4/c29-23(25-13-17-5-3-11-31-17)16-28-21-8-2-1-7-19(21)20-15-27(10-9-22(20)28)24(30)26-14-18-6-4-12-32-18/h1-3,5,7-8,11,18H,4,6,9-10,12-16H2,(H,25,29)(H,26,30). The Labute approximate surface area is 186 Å². The molecule has 2 aromatic heterocycles. The molecule has 0 saturated carbocycles. The van der Waals surface area contributed by atoms with E-state index in [1.54, 1.807) is 12.3 Å². The molecule has 4 heterocycles. The number of hydrogen-bond acceptors (Lipinski definition) is 4. The van der Waals surface area contributed by atoms with Crippen molar-refractivity contribution in [2.24, 2.45) is 0 Å². The Morgan fingerprint density at radius 2 is 2.03 bits per heavy atom. The van der Waals surface area contributed by atoms with Crippen LogP contribution in [0.3, 0.4) is 0 Å². The summed E-state index contributed by atoms with van der Waals surface area (Å²) in [7, 11) is 0. The molecule has 3 amide bonds. The summed E-state index contributed by atoms with van der Waals surface area (Å²) in [6.45, 7) is 3.10. The summed E-state index contributed by atoms with van der Waals surface area (Å²) in [5.74, 6) is 0.657. The number of hydrogen-bond donors (Lipinski definition) is 2. The van der Waals surface area contributed by atoms with Gasteiger partial charge in [-0.15, -0.1) is 0 Å². The van der Waals surface area contributed by atoms with Crippen LogP contribution >= 0.6 is 0 Å². The molecule has 2 N–H and O–H groups in total. The fourth-order valence-electron chi connectivity index (χ4n) is 4.67. The fourth-order valence-corrected chi connectivity index (χ4v) is 4.67. The number of furan rings is 1. The molecule has 0 spiro atoms. The fraction of sp³-hybridized carbons (Fsp3) is 0.417. The van der Waals surface area contributed by atoms with Gasteiger partial charge < -0.3 is 29.3 Å². The smallest absolute Gasteiger partial charge is 0.317 e. The number of ether oxygens (including phenoxy) is 1. The quantitative estimate of drug-likeness (QED) is 0.622. The van der Waals surface area contributed by atoms with Gasteiger partial charge in [0.1, 0.15) is 12.3 Å². The maximum absolute atomic E-state index is 12.8. The Morgan fingerprint density at radius 1 is 1.12 bits per heavy atom. The summed E-state index contributed by atoms with van der Waals surface area (Å²) in [6.07, 6.45) is 4.49.